The molecule has 0 aromatic heterocycles. The van der Waals surface area contributed by atoms with E-state index >= 15 is 0 Å². The number of benzene rings is 2. The second-order valence-corrected chi connectivity index (χ2v) is 8.78. The lowest BCUT2D eigenvalue weighted by Crippen LogP contribution is -2.27. The Morgan fingerprint density at radius 3 is 2.28 bits per heavy atom. The van der Waals surface area contributed by atoms with E-state index in [0.717, 1.165) is 57.2 Å². The third kappa shape index (κ3) is 5.55. The van der Waals surface area contributed by atoms with Crippen LogP contribution in [0.3, 0.4) is 0 Å². The predicted octanol–water partition coefficient (Wildman–Crippen LogP) is 4.37. The summed E-state index contributed by atoms with van der Waals surface area (Å²) in [5.74, 6) is -0.00598. The molecule has 2 aromatic rings. The number of likely N-dealkylation sites (tertiary alicyclic amines) is 1. The largest absolute Gasteiger partial charge is 0.348 e. The van der Waals surface area contributed by atoms with Gasteiger partial charge in [-0.15, -0.1) is 0 Å². The van der Waals surface area contributed by atoms with Gasteiger partial charge in [-0.1, -0.05) is 37.5 Å². The van der Waals surface area contributed by atoms with E-state index in [-0.39, 0.29) is 23.6 Å². The zero-order valence-corrected chi connectivity index (χ0v) is 18.4. The number of anilines is 1. The van der Waals surface area contributed by atoms with E-state index in [9.17, 15) is 14.4 Å². The van der Waals surface area contributed by atoms with Gasteiger partial charge in [-0.3, -0.25) is 14.4 Å². The maximum atomic E-state index is 12.6. The summed E-state index contributed by atoms with van der Waals surface area (Å²) in [5.41, 5.74) is 2.77. The molecule has 1 aliphatic heterocycles. The Morgan fingerprint density at radius 2 is 1.56 bits per heavy atom. The number of nitrogens with one attached hydrogen (secondary N) is 2. The molecule has 32 heavy (non-hydrogen) atoms. The number of rotatable bonds is 6. The van der Waals surface area contributed by atoms with Crippen molar-refractivity contribution in [3.05, 3.63) is 65.2 Å². The smallest absolute Gasteiger partial charge is 0.253 e. The van der Waals surface area contributed by atoms with Crippen molar-refractivity contribution in [1.29, 1.82) is 0 Å². The molecule has 2 aliphatic rings. The summed E-state index contributed by atoms with van der Waals surface area (Å²) in [6.07, 6.45) is 7.43. The first-order chi connectivity index (χ1) is 15.6. The summed E-state index contributed by atoms with van der Waals surface area (Å²) in [7, 11) is 0. The standard InChI is InChI=1S/C26H31N3O3/c30-24(22-9-6-10-23(17-22)28-25(31)20-7-2-1-3-8-20)27-18-19-11-13-21(14-12-19)26(32)29-15-4-5-16-29/h6,9-14,17,20H,1-5,7-8,15-16,18H2,(H,27,30)(H,28,31). The lowest BCUT2D eigenvalue weighted by molar-refractivity contribution is -0.120. The maximum Gasteiger partial charge on any atom is 0.253 e. The van der Waals surface area contributed by atoms with Gasteiger partial charge >= 0.3 is 0 Å². The second-order valence-electron chi connectivity index (χ2n) is 8.78. The molecule has 0 spiro atoms. The summed E-state index contributed by atoms with van der Waals surface area (Å²) < 4.78 is 0. The molecule has 1 saturated carbocycles. The molecular weight excluding hydrogens is 402 g/mol. The van der Waals surface area contributed by atoms with E-state index in [2.05, 4.69) is 10.6 Å². The van der Waals surface area contributed by atoms with Crippen LogP contribution in [0.5, 0.6) is 0 Å². The Hall–Kier alpha value is -3.15. The molecule has 3 amide bonds. The third-order valence-electron chi connectivity index (χ3n) is 6.42. The zero-order chi connectivity index (χ0) is 22.3. The fraction of sp³-hybridized carbons (Fsp3) is 0.423. The van der Waals surface area contributed by atoms with Crippen LogP contribution < -0.4 is 10.6 Å². The molecule has 1 aliphatic carbocycles. The highest BCUT2D eigenvalue weighted by Gasteiger charge is 2.21. The van der Waals surface area contributed by atoms with Gasteiger partial charge < -0.3 is 15.5 Å². The third-order valence-corrected chi connectivity index (χ3v) is 6.42. The minimum atomic E-state index is -0.198. The summed E-state index contributed by atoms with van der Waals surface area (Å²) in [6.45, 7) is 2.03. The fourth-order valence-electron chi connectivity index (χ4n) is 4.50. The first-order valence-electron chi connectivity index (χ1n) is 11.7. The zero-order valence-electron chi connectivity index (χ0n) is 18.4. The SMILES string of the molecule is O=C(NCc1ccc(C(=O)N2CCCC2)cc1)c1cccc(NC(=O)C2CCCCC2)c1. The van der Waals surface area contributed by atoms with Crippen molar-refractivity contribution in [2.75, 3.05) is 18.4 Å². The minimum Gasteiger partial charge on any atom is -0.348 e. The van der Waals surface area contributed by atoms with Crippen molar-refractivity contribution < 1.29 is 14.4 Å². The van der Waals surface area contributed by atoms with Crippen molar-refractivity contribution in [3.8, 4) is 0 Å². The number of hydrogen-bond donors (Lipinski definition) is 2. The average Bonchev–Trinajstić information content (AvgIpc) is 3.38. The van der Waals surface area contributed by atoms with Crippen molar-refractivity contribution in [2.24, 2.45) is 5.92 Å². The van der Waals surface area contributed by atoms with E-state index in [1.165, 1.54) is 6.42 Å². The van der Waals surface area contributed by atoms with Crippen LogP contribution in [0.25, 0.3) is 0 Å². The monoisotopic (exact) mass is 433 g/mol. The van der Waals surface area contributed by atoms with Crippen LogP contribution in [0.15, 0.2) is 48.5 Å². The Kier molecular flexibility index (Phi) is 7.20. The number of hydrogen-bond acceptors (Lipinski definition) is 3. The van der Waals surface area contributed by atoms with Gasteiger partial charge in [-0.05, 0) is 61.6 Å². The molecule has 168 valence electrons. The molecule has 0 atom stereocenters. The molecule has 2 fully saturated rings. The average molecular weight is 434 g/mol. The fourth-order valence-corrected chi connectivity index (χ4v) is 4.50. The molecular formula is C26H31N3O3. The van der Waals surface area contributed by atoms with Crippen molar-refractivity contribution in [2.45, 2.75) is 51.5 Å². The van der Waals surface area contributed by atoms with E-state index in [1.807, 2.05) is 35.2 Å². The van der Waals surface area contributed by atoms with Gasteiger partial charge in [0.1, 0.15) is 0 Å². The normalized spacial score (nSPS) is 16.6. The van der Waals surface area contributed by atoms with E-state index in [0.29, 0.717) is 23.4 Å². The van der Waals surface area contributed by atoms with Gasteiger partial charge in [-0.2, -0.15) is 0 Å². The van der Waals surface area contributed by atoms with Gasteiger partial charge in [0.2, 0.25) is 5.91 Å². The summed E-state index contributed by atoms with van der Waals surface area (Å²) in [4.78, 5) is 39.4. The summed E-state index contributed by atoms with van der Waals surface area (Å²) in [5, 5.41) is 5.88. The molecule has 2 N–H and O–H groups in total. The first kappa shape index (κ1) is 22.1. The summed E-state index contributed by atoms with van der Waals surface area (Å²) in [6, 6.07) is 14.5. The van der Waals surface area contributed by atoms with Gasteiger partial charge in [0, 0.05) is 42.4 Å². The molecule has 6 nitrogen and oxygen atoms in total. The van der Waals surface area contributed by atoms with Crippen LogP contribution in [0.1, 0.15) is 71.2 Å². The Morgan fingerprint density at radius 1 is 0.844 bits per heavy atom. The highest BCUT2D eigenvalue weighted by Crippen LogP contribution is 2.25. The van der Waals surface area contributed by atoms with Crippen LogP contribution >= 0.6 is 0 Å². The molecule has 1 saturated heterocycles. The first-order valence-corrected chi connectivity index (χ1v) is 11.7. The van der Waals surface area contributed by atoms with Gasteiger partial charge in [0.25, 0.3) is 11.8 Å². The van der Waals surface area contributed by atoms with Gasteiger partial charge in [0.05, 0.1) is 0 Å². The highest BCUT2D eigenvalue weighted by atomic mass is 16.2. The van der Waals surface area contributed by atoms with Gasteiger partial charge in [0.15, 0.2) is 0 Å². The Labute approximate surface area is 189 Å². The van der Waals surface area contributed by atoms with E-state index < -0.39 is 0 Å². The number of carbonyl (C=O) groups excluding carboxylic acids is 3. The second kappa shape index (κ2) is 10.4. The van der Waals surface area contributed by atoms with Crippen LogP contribution in [-0.4, -0.2) is 35.7 Å². The number of carbonyl (C=O) groups is 3. The maximum absolute atomic E-state index is 12.6. The molecule has 1 heterocycles. The summed E-state index contributed by atoms with van der Waals surface area (Å²) >= 11 is 0. The molecule has 4 rings (SSSR count). The highest BCUT2D eigenvalue weighted by molar-refractivity contribution is 5.97. The van der Waals surface area contributed by atoms with Crippen LogP contribution in [0.4, 0.5) is 5.69 Å². The van der Waals surface area contributed by atoms with Crippen molar-refractivity contribution in [1.82, 2.24) is 10.2 Å². The molecule has 0 radical (unpaired) electrons. The Bertz CT molecular complexity index is 959. The van der Waals surface area contributed by atoms with Crippen LogP contribution in [-0.2, 0) is 11.3 Å². The lowest BCUT2D eigenvalue weighted by Gasteiger charge is -2.20. The minimum absolute atomic E-state index is 0.0471. The number of nitrogens with zero attached hydrogens (tertiary/aromatic N) is 1. The van der Waals surface area contributed by atoms with Crippen LogP contribution in [0, 0.1) is 5.92 Å². The lowest BCUT2D eigenvalue weighted by atomic mass is 9.88. The molecule has 0 bridgehead atoms. The Balaban J connectivity index is 1.30. The van der Waals surface area contributed by atoms with E-state index in [4.69, 9.17) is 0 Å². The van der Waals surface area contributed by atoms with Gasteiger partial charge in [-0.25, -0.2) is 0 Å². The predicted molar refractivity (Wildman–Crippen MR) is 124 cm³/mol. The number of amides is 3. The topological polar surface area (TPSA) is 78.5 Å². The van der Waals surface area contributed by atoms with Crippen molar-refractivity contribution >= 4 is 23.4 Å². The molecule has 2 aromatic carbocycles. The quantitative estimate of drug-likeness (QED) is 0.710. The molecule has 6 heteroatoms. The molecule has 0 unspecified atom stereocenters. The van der Waals surface area contributed by atoms with Crippen molar-refractivity contribution in [3.63, 3.8) is 0 Å². The van der Waals surface area contributed by atoms with E-state index in [1.54, 1.807) is 18.2 Å². The van der Waals surface area contributed by atoms with Crippen LogP contribution in [0.2, 0.25) is 0 Å².